The molecule has 6 nitrogen and oxygen atoms in total. The van der Waals surface area contributed by atoms with E-state index in [4.69, 9.17) is 4.74 Å². The first-order valence-corrected chi connectivity index (χ1v) is 7.49. The topological polar surface area (TPSA) is 70.7 Å². The molecule has 1 aromatic carbocycles. The number of nitrogens with zero attached hydrogens (tertiary/aromatic N) is 1. The maximum atomic E-state index is 12.5. The van der Waals surface area contributed by atoms with E-state index in [-0.39, 0.29) is 11.9 Å². The molecule has 0 spiro atoms. The highest BCUT2D eigenvalue weighted by Crippen LogP contribution is 2.18. The quantitative estimate of drug-likeness (QED) is 0.892. The standard InChI is InChI=1S/C18H21N3O3/c1-5-14(10-13-11-21(3)18(23)19-12(13)2)20-17(22)15-8-6-7-9-16(15)24-4/h5-10H,2,11H2,1,3-4H3,(H,19,23)(H,20,22)/b13-10-,14-5+. The highest BCUT2D eigenvalue weighted by molar-refractivity contribution is 5.98. The van der Waals surface area contributed by atoms with E-state index >= 15 is 0 Å². The van der Waals surface area contributed by atoms with Gasteiger partial charge in [0.2, 0.25) is 0 Å². The van der Waals surface area contributed by atoms with Gasteiger partial charge in [0.25, 0.3) is 5.91 Å². The molecule has 0 bridgehead atoms. The van der Waals surface area contributed by atoms with E-state index in [2.05, 4.69) is 17.2 Å². The smallest absolute Gasteiger partial charge is 0.321 e. The van der Waals surface area contributed by atoms with Crippen molar-refractivity contribution in [2.45, 2.75) is 6.92 Å². The number of para-hydroxylation sites is 1. The lowest BCUT2D eigenvalue weighted by Crippen LogP contribution is -2.43. The van der Waals surface area contributed by atoms with E-state index in [9.17, 15) is 9.59 Å². The molecule has 24 heavy (non-hydrogen) atoms. The fraction of sp³-hybridized carbons (Fsp3) is 0.222. The van der Waals surface area contributed by atoms with Crippen molar-refractivity contribution in [1.29, 1.82) is 0 Å². The predicted octanol–water partition coefficient (Wildman–Crippen LogP) is 2.42. The summed E-state index contributed by atoms with van der Waals surface area (Å²) in [6.45, 7) is 6.09. The summed E-state index contributed by atoms with van der Waals surface area (Å²) in [5, 5.41) is 5.52. The van der Waals surface area contributed by atoms with E-state index in [1.54, 1.807) is 43.5 Å². The maximum Gasteiger partial charge on any atom is 0.321 e. The maximum absolute atomic E-state index is 12.5. The first-order valence-electron chi connectivity index (χ1n) is 7.49. The Morgan fingerprint density at radius 1 is 1.42 bits per heavy atom. The Labute approximate surface area is 141 Å². The average Bonchev–Trinajstić information content (AvgIpc) is 2.58. The Morgan fingerprint density at radius 3 is 2.79 bits per heavy atom. The van der Waals surface area contributed by atoms with Gasteiger partial charge in [-0.05, 0) is 30.7 Å². The number of hydrogen-bond acceptors (Lipinski definition) is 3. The molecule has 0 radical (unpaired) electrons. The van der Waals surface area contributed by atoms with Crippen molar-refractivity contribution < 1.29 is 14.3 Å². The van der Waals surface area contributed by atoms with Gasteiger partial charge < -0.3 is 20.3 Å². The Balaban J connectivity index is 2.18. The van der Waals surface area contributed by atoms with Gasteiger partial charge in [-0.25, -0.2) is 4.79 Å². The molecule has 1 fully saturated rings. The highest BCUT2D eigenvalue weighted by atomic mass is 16.5. The minimum Gasteiger partial charge on any atom is -0.496 e. The Kier molecular flexibility index (Phi) is 5.42. The minimum atomic E-state index is -0.267. The number of carbonyl (C=O) groups excluding carboxylic acids is 2. The molecule has 0 saturated carbocycles. The zero-order valence-corrected chi connectivity index (χ0v) is 14.1. The Morgan fingerprint density at radius 2 is 2.12 bits per heavy atom. The fourth-order valence-corrected chi connectivity index (χ4v) is 2.27. The van der Waals surface area contributed by atoms with Gasteiger partial charge in [0.1, 0.15) is 5.75 Å². The van der Waals surface area contributed by atoms with Crippen LogP contribution in [0.5, 0.6) is 5.75 Å². The molecule has 0 atom stereocenters. The summed E-state index contributed by atoms with van der Waals surface area (Å²) >= 11 is 0. The normalized spacial score (nSPS) is 16.9. The lowest BCUT2D eigenvalue weighted by Gasteiger charge is -2.27. The second-order valence-corrected chi connectivity index (χ2v) is 5.33. The van der Waals surface area contributed by atoms with Crippen molar-refractivity contribution in [2.75, 3.05) is 20.7 Å². The summed E-state index contributed by atoms with van der Waals surface area (Å²) in [5.41, 5.74) is 2.42. The summed E-state index contributed by atoms with van der Waals surface area (Å²) in [6, 6.07) is 6.81. The molecular weight excluding hydrogens is 306 g/mol. The molecule has 0 aromatic heterocycles. The number of allylic oxidation sites excluding steroid dienone is 2. The van der Waals surface area contributed by atoms with E-state index in [0.29, 0.717) is 29.3 Å². The summed E-state index contributed by atoms with van der Waals surface area (Å²) in [6.07, 6.45) is 3.58. The molecule has 1 saturated heterocycles. The monoisotopic (exact) mass is 327 g/mol. The number of hydrogen-bond donors (Lipinski definition) is 2. The van der Waals surface area contributed by atoms with E-state index in [1.165, 1.54) is 12.0 Å². The molecule has 6 heteroatoms. The van der Waals surface area contributed by atoms with Gasteiger partial charge in [0, 0.05) is 25.0 Å². The highest BCUT2D eigenvalue weighted by Gasteiger charge is 2.20. The SMILES string of the molecule is C=C1NC(=O)N(C)C/C1=C/C(=C\C)NC(=O)c1ccccc1OC. The van der Waals surface area contributed by atoms with Gasteiger partial charge in [-0.15, -0.1) is 0 Å². The third kappa shape index (κ3) is 3.84. The zero-order chi connectivity index (χ0) is 17.7. The number of ether oxygens (including phenoxy) is 1. The summed E-state index contributed by atoms with van der Waals surface area (Å²) < 4.78 is 5.21. The van der Waals surface area contributed by atoms with Crippen LogP contribution in [0.3, 0.4) is 0 Å². The van der Waals surface area contributed by atoms with Crippen molar-refractivity contribution in [3.8, 4) is 5.75 Å². The molecule has 0 unspecified atom stereocenters. The lowest BCUT2D eigenvalue weighted by atomic mass is 10.1. The van der Waals surface area contributed by atoms with Crippen molar-refractivity contribution >= 4 is 11.9 Å². The van der Waals surface area contributed by atoms with Gasteiger partial charge in [-0.3, -0.25) is 4.79 Å². The van der Waals surface area contributed by atoms with E-state index in [1.807, 2.05) is 6.92 Å². The molecule has 1 aromatic rings. The predicted molar refractivity (Wildman–Crippen MR) is 92.6 cm³/mol. The molecule has 2 N–H and O–H groups in total. The van der Waals surface area contributed by atoms with E-state index in [0.717, 1.165) is 5.57 Å². The minimum absolute atomic E-state index is 0.197. The molecule has 3 amide bonds. The number of methoxy groups -OCH3 is 1. The molecule has 1 aliphatic heterocycles. The van der Waals surface area contributed by atoms with Crippen LogP contribution in [0.2, 0.25) is 0 Å². The van der Waals surface area contributed by atoms with Crippen LogP contribution in [0, 0.1) is 0 Å². The number of nitrogens with one attached hydrogen (secondary N) is 2. The van der Waals surface area contributed by atoms with Gasteiger partial charge in [0.05, 0.1) is 12.7 Å². The van der Waals surface area contributed by atoms with E-state index < -0.39 is 0 Å². The molecule has 0 aliphatic carbocycles. The summed E-state index contributed by atoms with van der Waals surface area (Å²) in [7, 11) is 3.22. The number of likely N-dealkylation sites (N-methyl/N-ethyl adjacent to an activating group) is 1. The molecule has 1 aliphatic rings. The van der Waals surface area contributed by atoms with Crippen LogP contribution in [0.1, 0.15) is 17.3 Å². The molecule has 1 heterocycles. The van der Waals surface area contributed by atoms with Gasteiger partial charge >= 0.3 is 6.03 Å². The number of amides is 3. The Hall–Kier alpha value is -3.02. The van der Waals surface area contributed by atoms with Gasteiger partial charge in [-0.1, -0.05) is 24.8 Å². The first-order chi connectivity index (χ1) is 11.5. The molecule has 126 valence electrons. The number of benzene rings is 1. The largest absolute Gasteiger partial charge is 0.496 e. The summed E-state index contributed by atoms with van der Waals surface area (Å²) in [5.74, 6) is 0.239. The zero-order valence-electron chi connectivity index (χ0n) is 14.1. The third-order valence-electron chi connectivity index (χ3n) is 3.65. The molecular formula is C18H21N3O3. The summed E-state index contributed by atoms with van der Waals surface area (Å²) in [4.78, 5) is 25.6. The van der Waals surface area contributed by atoms with Crippen LogP contribution in [-0.4, -0.2) is 37.5 Å². The molecule has 2 rings (SSSR count). The van der Waals surface area contributed by atoms with Gasteiger partial charge in [0.15, 0.2) is 0 Å². The van der Waals surface area contributed by atoms with Crippen LogP contribution >= 0.6 is 0 Å². The van der Waals surface area contributed by atoms with Crippen LogP contribution in [0.4, 0.5) is 4.79 Å². The van der Waals surface area contributed by atoms with Crippen molar-refractivity contribution in [3.63, 3.8) is 0 Å². The fourth-order valence-electron chi connectivity index (χ4n) is 2.27. The number of urea groups is 1. The average molecular weight is 327 g/mol. The lowest BCUT2D eigenvalue weighted by molar-refractivity contribution is 0.0964. The van der Waals surface area contributed by atoms with Crippen molar-refractivity contribution in [3.05, 3.63) is 65.5 Å². The van der Waals surface area contributed by atoms with Crippen molar-refractivity contribution in [2.24, 2.45) is 0 Å². The first kappa shape index (κ1) is 17.3. The van der Waals surface area contributed by atoms with Gasteiger partial charge in [-0.2, -0.15) is 0 Å². The van der Waals surface area contributed by atoms with Crippen LogP contribution in [-0.2, 0) is 0 Å². The van der Waals surface area contributed by atoms with Crippen molar-refractivity contribution in [1.82, 2.24) is 15.5 Å². The third-order valence-corrected chi connectivity index (χ3v) is 3.65. The number of rotatable bonds is 4. The Bertz CT molecular complexity index is 735. The second kappa shape index (κ2) is 7.50. The number of carbonyl (C=O) groups is 2. The van der Waals surface area contributed by atoms with Crippen LogP contribution in [0.25, 0.3) is 0 Å². The second-order valence-electron chi connectivity index (χ2n) is 5.33. The van der Waals surface area contributed by atoms with Crippen LogP contribution < -0.4 is 15.4 Å². The van der Waals surface area contributed by atoms with Crippen LogP contribution in [0.15, 0.2) is 60.0 Å².